The minimum atomic E-state index is -0.204. The van der Waals surface area contributed by atoms with Gasteiger partial charge in [0.15, 0.2) is 0 Å². The Bertz CT molecular complexity index is 1110. The fourth-order valence-electron chi connectivity index (χ4n) is 3.66. The third-order valence-corrected chi connectivity index (χ3v) is 5.25. The number of aliphatic hydroxyl groups is 1. The Kier molecular flexibility index (Phi) is 6.20. The molecule has 30 heavy (non-hydrogen) atoms. The van der Waals surface area contributed by atoms with Crippen LogP contribution < -0.4 is 0 Å². The molecule has 5 heteroatoms. The first kappa shape index (κ1) is 19.9. The maximum atomic E-state index is 13.3. The quantitative estimate of drug-likeness (QED) is 0.490. The maximum absolute atomic E-state index is 13.3. The van der Waals surface area contributed by atoms with E-state index in [1.807, 2.05) is 82.3 Å². The van der Waals surface area contributed by atoms with Gasteiger partial charge in [0.2, 0.25) is 5.91 Å². The number of nitrogens with zero attached hydrogens (tertiary/aromatic N) is 3. The highest BCUT2D eigenvalue weighted by Gasteiger charge is 2.18. The summed E-state index contributed by atoms with van der Waals surface area (Å²) in [5.41, 5.74) is 3.94. The number of carbonyl (C=O) groups is 1. The number of fused-ring (bicyclic) bond motifs is 1. The van der Waals surface area contributed by atoms with E-state index in [2.05, 4.69) is 17.1 Å². The summed E-state index contributed by atoms with van der Waals surface area (Å²) >= 11 is 0. The summed E-state index contributed by atoms with van der Waals surface area (Å²) in [6, 6.07) is 27.9. The molecule has 152 valence electrons. The molecule has 1 amide bonds. The standard InChI is InChI=1S/C25H25N3O2/c29-19-24-26-22-13-7-8-14-23(22)28(24)18-25(30)27(17-21-11-5-2-6-12-21)16-15-20-9-3-1-4-10-20/h1-14,29H,15-19H2. The Morgan fingerprint density at radius 1 is 0.867 bits per heavy atom. The summed E-state index contributed by atoms with van der Waals surface area (Å²) in [6.45, 7) is 1.12. The van der Waals surface area contributed by atoms with E-state index in [9.17, 15) is 9.90 Å². The van der Waals surface area contributed by atoms with Crippen LogP contribution in [0.2, 0.25) is 0 Å². The van der Waals surface area contributed by atoms with E-state index in [0.29, 0.717) is 18.9 Å². The predicted octanol–water partition coefficient (Wildman–Crippen LogP) is 3.80. The van der Waals surface area contributed by atoms with Crippen LogP contribution in [0.5, 0.6) is 0 Å². The van der Waals surface area contributed by atoms with E-state index in [0.717, 1.165) is 23.0 Å². The Morgan fingerprint density at radius 3 is 2.20 bits per heavy atom. The van der Waals surface area contributed by atoms with Crippen molar-refractivity contribution in [1.82, 2.24) is 14.5 Å². The molecule has 4 aromatic rings. The second-order valence-electron chi connectivity index (χ2n) is 7.30. The van der Waals surface area contributed by atoms with Gasteiger partial charge in [0.1, 0.15) is 19.0 Å². The smallest absolute Gasteiger partial charge is 0.242 e. The van der Waals surface area contributed by atoms with E-state index in [-0.39, 0.29) is 19.1 Å². The molecule has 5 nitrogen and oxygen atoms in total. The van der Waals surface area contributed by atoms with Gasteiger partial charge in [0.05, 0.1) is 11.0 Å². The largest absolute Gasteiger partial charge is 0.388 e. The van der Waals surface area contributed by atoms with Crippen molar-refractivity contribution in [2.45, 2.75) is 26.1 Å². The van der Waals surface area contributed by atoms with Crippen molar-refractivity contribution in [2.75, 3.05) is 6.54 Å². The molecular weight excluding hydrogens is 374 g/mol. The van der Waals surface area contributed by atoms with Crippen LogP contribution in [0.4, 0.5) is 0 Å². The van der Waals surface area contributed by atoms with Gasteiger partial charge in [-0.2, -0.15) is 0 Å². The molecule has 0 unspecified atom stereocenters. The lowest BCUT2D eigenvalue weighted by Crippen LogP contribution is -2.35. The zero-order valence-corrected chi connectivity index (χ0v) is 16.8. The minimum Gasteiger partial charge on any atom is -0.388 e. The first-order valence-electron chi connectivity index (χ1n) is 10.2. The Labute approximate surface area is 176 Å². The van der Waals surface area contributed by atoms with E-state index in [1.165, 1.54) is 5.56 Å². The highest BCUT2D eigenvalue weighted by molar-refractivity contribution is 5.81. The third-order valence-electron chi connectivity index (χ3n) is 5.25. The lowest BCUT2D eigenvalue weighted by atomic mass is 10.1. The van der Waals surface area contributed by atoms with Gasteiger partial charge in [-0.05, 0) is 29.7 Å². The second-order valence-corrected chi connectivity index (χ2v) is 7.30. The maximum Gasteiger partial charge on any atom is 0.242 e. The number of benzene rings is 3. The van der Waals surface area contributed by atoms with Crippen molar-refractivity contribution in [1.29, 1.82) is 0 Å². The van der Waals surface area contributed by atoms with E-state index in [1.54, 1.807) is 0 Å². The summed E-state index contributed by atoms with van der Waals surface area (Å²) in [6.07, 6.45) is 0.789. The molecule has 1 heterocycles. The van der Waals surface area contributed by atoms with Crippen LogP contribution in [0.25, 0.3) is 11.0 Å². The number of para-hydroxylation sites is 2. The van der Waals surface area contributed by atoms with Gasteiger partial charge in [-0.3, -0.25) is 4.79 Å². The van der Waals surface area contributed by atoms with Gasteiger partial charge in [-0.25, -0.2) is 4.98 Å². The number of hydrogen-bond donors (Lipinski definition) is 1. The molecule has 1 N–H and O–H groups in total. The number of amides is 1. The molecule has 0 saturated carbocycles. The molecule has 0 aliphatic carbocycles. The SMILES string of the molecule is O=C(Cn1c(CO)nc2ccccc21)N(CCc1ccccc1)Cc1ccccc1. The fourth-order valence-corrected chi connectivity index (χ4v) is 3.66. The second kappa shape index (κ2) is 9.37. The average Bonchev–Trinajstić information content (AvgIpc) is 3.15. The zero-order valence-electron chi connectivity index (χ0n) is 16.8. The molecule has 0 aliphatic heterocycles. The Balaban J connectivity index is 1.57. The lowest BCUT2D eigenvalue weighted by Gasteiger charge is -2.24. The van der Waals surface area contributed by atoms with Crippen molar-refractivity contribution in [2.24, 2.45) is 0 Å². The Hall–Kier alpha value is -3.44. The number of carbonyl (C=O) groups excluding carboxylic acids is 1. The van der Waals surface area contributed by atoms with Gasteiger partial charge in [0, 0.05) is 13.1 Å². The van der Waals surface area contributed by atoms with Crippen LogP contribution in [0, 0.1) is 0 Å². The average molecular weight is 399 g/mol. The Morgan fingerprint density at radius 2 is 1.50 bits per heavy atom. The number of aliphatic hydroxyl groups excluding tert-OH is 1. The van der Waals surface area contributed by atoms with Crippen LogP contribution in [0.15, 0.2) is 84.9 Å². The van der Waals surface area contributed by atoms with Crippen molar-refractivity contribution in [3.05, 3.63) is 102 Å². The number of hydrogen-bond acceptors (Lipinski definition) is 3. The monoisotopic (exact) mass is 399 g/mol. The van der Waals surface area contributed by atoms with Gasteiger partial charge in [-0.1, -0.05) is 72.8 Å². The lowest BCUT2D eigenvalue weighted by molar-refractivity contribution is -0.132. The van der Waals surface area contributed by atoms with Crippen LogP contribution >= 0.6 is 0 Å². The van der Waals surface area contributed by atoms with Crippen molar-refractivity contribution < 1.29 is 9.90 Å². The first-order valence-corrected chi connectivity index (χ1v) is 10.2. The van der Waals surface area contributed by atoms with E-state index in [4.69, 9.17) is 0 Å². The molecule has 1 aromatic heterocycles. The molecule has 3 aromatic carbocycles. The summed E-state index contributed by atoms with van der Waals surface area (Å²) in [7, 11) is 0. The number of imidazole rings is 1. The number of aromatic nitrogens is 2. The summed E-state index contributed by atoms with van der Waals surface area (Å²) in [4.78, 5) is 19.7. The molecule has 0 fully saturated rings. The topological polar surface area (TPSA) is 58.4 Å². The van der Waals surface area contributed by atoms with Gasteiger partial charge < -0.3 is 14.6 Å². The van der Waals surface area contributed by atoms with Crippen LogP contribution in [-0.2, 0) is 30.9 Å². The van der Waals surface area contributed by atoms with Crippen molar-refractivity contribution in [3.8, 4) is 0 Å². The first-order chi connectivity index (χ1) is 14.7. The summed E-state index contributed by atoms with van der Waals surface area (Å²) in [5, 5.41) is 9.75. The van der Waals surface area contributed by atoms with Crippen LogP contribution in [0.1, 0.15) is 17.0 Å². The summed E-state index contributed by atoms with van der Waals surface area (Å²) < 4.78 is 1.82. The van der Waals surface area contributed by atoms with Gasteiger partial charge >= 0.3 is 0 Å². The van der Waals surface area contributed by atoms with Gasteiger partial charge in [-0.15, -0.1) is 0 Å². The van der Waals surface area contributed by atoms with E-state index < -0.39 is 0 Å². The highest BCUT2D eigenvalue weighted by Crippen LogP contribution is 2.17. The molecule has 0 spiro atoms. The van der Waals surface area contributed by atoms with Gasteiger partial charge in [0.25, 0.3) is 0 Å². The van der Waals surface area contributed by atoms with Crippen molar-refractivity contribution in [3.63, 3.8) is 0 Å². The molecular formula is C25H25N3O2. The molecule has 4 rings (SSSR count). The van der Waals surface area contributed by atoms with E-state index >= 15 is 0 Å². The molecule has 0 saturated heterocycles. The van der Waals surface area contributed by atoms with Crippen molar-refractivity contribution >= 4 is 16.9 Å². The molecule has 0 aliphatic rings. The fraction of sp³-hybridized carbons (Fsp3) is 0.200. The zero-order chi connectivity index (χ0) is 20.8. The minimum absolute atomic E-state index is 0.00707. The van der Waals surface area contributed by atoms with Crippen LogP contribution in [0.3, 0.4) is 0 Å². The molecule has 0 radical (unpaired) electrons. The normalized spacial score (nSPS) is 11.0. The predicted molar refractivity (Wildman–Crippen MR) is 118 cm³/mol. The van der Waals surface area contributed by atoms with Crippen LogP contribution in [-0.4, -0.2) is 32.0 Å². The summed E-state index contributed by atoms with van der Waals surface area (Å²) in [5.74, 6) is 0.514. The molecule has 0 bridgehead atoms. The third kappa shape index (κ3) is 4.58. The number of rotatable bonds is 8. The highest BCUT2D eigenvalue weighted by atomic mass is 16.3. The molecule has 0 atom stereocenters.